The minimum absolute atomic E-state index is 0.00602. The van der Waals surface area contributed by atoms with Crippen LogP contribution in [-0.4, -0.2) is 36.3 Å². The van der Waals surface area contributed by atoms with Gasteiger partial charge in [-0.25, -0.2) is 9.18 Å². The fourth-order valence-corrected chi connectivity index (χ4v) is 5.04. The van der Waals surface area contributed by atoms with Crippen molar-refractivity contribution < 1.29 is 23.8 Å². The van der Waals surface area contributed by atoms with E-state index in [0.717, 1.165) is 16.0 Å². The summed E-state index contributed by atoms with van der Waals surface area (Å²) in [6.07, 6.45) is -1.10. The Morgan fingerprint density at radius 2 is 1.85 bits per heavy atom. The normalized spacial score (nSPS) is 19.1. The van der Waals surface area contributed by atoms with Gasteiger partial charge in [-0.1, -0.05) is 72.3 Å². The smallest absolute Gasteiger partial charge is 0.407 e. The van der Waals surface area contributed by atoms with Crippen LogP contribution in [0.2, 0.25) is 5.02 Å². The Kier molecular flexibility index (Phi) is 6.93. The highest BCUT2D eigenvalue weighted by atomic mass is 79.9. The molecule has 33 heavy (non-hydrogen) atoms. The highest BCUT2D eigenvalue weighted by molar-refractivity contribution is 9.10. The van der Waals surface area contributed by atoms with E-state index >= 15 is 0 Å². The number of nitrogens with zero attached hydrogens (tertiary/aromatic N) is 1. The summed E-state index contributed by atoms with van der Waals surface area (Å²) in [5, 5.41) is 9.57. The third-order valence-electron chi connectivity index (χ3n) is 5.82. The number of halogens is 3. The van der Waals surface area contributed by atoms with Crippen molar-refractivity contribution in [3.05, 3.63) is 98.7 Å². The molecule has 2 atom stereocenters. The molecule has 1 aliphatic rings. The summed E-state index contributed by atoms with van der Waals surface area (Å²) in [6.45, 7) is 0.565. The van der Waals surface area contributed by atoms with Crippen molar-refractivity contribution in [3.8, 4) is 5.75 Å². The first-order valence-corrected chi connectivity index (χ1v) is 11.5. The SMILES string of the molecule is CN(C[C@]1(c2ccccc2)Oc2cc(F)c(Cl)c(Br)c2[C@@H]1COCc1ccccc1)C(=O)O. The average molecular weight is 535 g/mol. The molecule has 0 saturated carbocycles. The Bertz CT molecular complexity index is 1150. The molecular formula is C25H22BrClFNO4. The molecule has 3 aromatic carbocycles. The van der Waals surface area contributed by atoms with Crippen molar-refractivity contribution in [2.24, 2.45) is 0 Å². The van der Waals surface area contributed by atoms with E-state index in [-0.39, 0.29) is 18.2 Å². The lowest BCUT2D eigenvalue weighted by Gasteiger charge is -2.37. The van der Waals surface area contributed by atoms with Crippen molar-refractivity contribution in [1.82, 2.24) is 4.90 Å². The van der Waals surface area contributed by atoms with Gasteiger partial charge in [0.25, 0.3) is 0 Å². The lowest BCUT2D eigenvalue weighted by molar-refractivity contribution is -0.00500. The molecule has 0 unspecified atom stereocenters. The Labute approximate surface area is 204 Å². The predicted octanol–water partition coefficient (Wildman–Crippen LogP) is 6.44. The molecule has 0 aromatic heterocycles. The van der Waals surface area contributed by atoms with Crippen LogP contribution in [-0.2, 0) is 16.9 Å². The summed E-state index contributed by atoms with van der Waals surface area (Å²) in [5.74, 6) is -0.783. The van der Waals surface area contributed by atoms with Gasteiger partial charge in [0.05, 0.1) is 30.7 Å². The molecule has 172 valence electrons. The molecule has 0 saturated heterocycles. The van der Waals surface area contributed by atoms with Gasteiger partial charge in [-0.15, -0.1) is 0 Å². The van der Waals surface area contributed by atoms with Gasteiger partial charge in [0.15, 0.2) is 5.60 Å². The fourth-order valence-electron chi connectivity index (χ4n) is 4.22. The number of likely N-dealkylation sites (N-methyl/N-ethyl adjacent to an activating group) is 1. The number of fused-ring (bicyclic) bond motifs is 1. The maximum atomic E-state index is 14.5. The predicted molar refractivity (Wildman–Crippen MR) is 127 cm³/mol. The lowest BCUT2D eigenvalue weighted by Crippen LogP contribution is -2.48. The van der Waals surface area contributed by atoms with E-state index in [9.17, 15) is 14.3 Å². The first kappa shape index (κ1) is 23.5. The summed E-state index contributed by atoms with van der Waals surface area (Å²) in [7, 11) is 1.48. The Hall–Kier alpha value is -2.61. The Morgan fingerprint density at radius 1 is 1.21 bits per heavy atom. The van der Waals surface area contributed by atoms with Gasteiger partial charge < -0.3 is 19.5 Å². The maximum Gasteiger partial charge on any atom is 0.407 e. The van der Waals surface area contributed by atoms with Crippen molar-refractivity contribution in [2.75, 3.05) is 20.2 Å². The van der Waals surface area contributed by atoms with Gasteiger partial charge in [-0.2, -0.15) is 0 Å². The number of hydrogen-bond donors (Lipinski definition) is 1. The van der Waals surface area contributed by atoms with Gasteiger partial charge >= 0.3 is 6.09 Å². The standard InChI is InChI=1S/C25H22BrClFNO4/c1-29(24(30)31)15-25(17-10-6-3-7-11-17)18(14-32-13-16-8-4-2-5-9-16)21-20(33-25)12-19(28)23(27)22(21)26/h2-12,18H,13-15H2,1H3,(H,30,31)/t18-,25+/m0/s1. The highest BCUT2D eigenvalue weighted by Gasteiger charge is 2.52. The molecule has 1 heterocycles. The van der Waals surface area contributed by atoms with E-state index in [0.29, 0.717) is 22.4 Å². The van der Waals surface area contributed by atoms with Gasteiger partial charge in [0.1, 0.15) is 11.6 Å². The van der Waals surface area contributed by atoms with Crippen LogP contribution in [0, 0.1) is 5.82 Å². The third kappa shape index (κ3) is 4.58. The third-order valence-corrected chi connectivity index (χ3v) is 7.24. The monoisotopic (exact) mass is 533 g/mol. The topological polar surface area (TPSA) is 59.0 Å². The zero-order valence-corrected chi connectivity index (χ0v) is 20.1. The molecule has 8 heteroatoms. The number of benzene rings is 3. The van der Waals surface area contributed by atoms with Crippen molar-refractivity contribution in [2.45, 2.75) is 18.1 Å². The summed E-state index contributed by atoms with van der Waals surface area (Å²) >= 11 is 9.67. The second-order valence-corrected chi connectivity index (χ2v) is 9.12. The van der Waals surface area contributed by atoms with Crippen molar-refractivity contribution >= 4 is 33.6 Å². The largest absolute Gasteiger partial charge is 0.480 e. The summed E-state index contributed by atoms with van der Waals surface area (Å²) in [5.41, 5.74) is 1.26. The molecule has 1 amide bonds. The van der Waals surface area contributed by atoms with E-state index in [2.05, 4.69) is 15.9 Å². The first-order chi connectivity index (χ1) is 15.8. The zero-order valence-electron chi connectivity index (χ0n) is 17.8. The van der Waals surface area contributed by atoms with Crippen LogP contribution in [0.15, 0.2) is 71.2 Å². The molecule has 0 spiro atoms. The molecule has 0 fully saturated rings. The van der Waals surface area contributed by atoms with Crippen LogP contribution in [0.3, 0.4) is 0 Å². The molecule has 1 aliphatic heterocycles. The van der Waals surface area contributed by atoms with Crippen LogP contribution in [0.5, 0.6) is 5.75 Å². The minimum atomic E-state index is -1.15. The van der Waals surface area contributed by atoms with Crippen LogP contribution < -0.4 is 4.74 Å². The average Bonchev–Trinajstić information content (AvgIpc) is 3.12. The van der Waals surface area contributed by atoms with Crippen molar-refractivity contribution in [3.63, 3.8) is 0 Å². The maximum absolute atomic E-state index is 14.5. The van der Waals surface area contributed by atoms with E-state index in [1.54, 1.807) is 0 Å². The van der Waals surface area contributed by atoms with Gasteiger partial charge in [-0.3, -0.25) is 0 Å². The quantitative estimate of drug-likeness (QED) is 0.355. The van der Waals surface area contributed by atoms with Gasteiger partial charge in [0, 0.05) is 23.2 Å². The number of amides is 1. The minimum Gasteiger partial charge on any atom is -0.480 e. The van der Waals surface area contributed by atoms with E-state index < -0.39 is 23.4 Å². The van der Waals surface area contributed by atoms with Crippen molar-refractivity contribution in [1.29, 1.82) is 0 Å². The van der Waals surface area contributed by atoms with Crippen LogP contribution in [0.1, 0.15) is 22.6 Å². The molecule has 4 rings (SSSR count). The summed E-state index contributed by atoms with van der Waals surface area (Å²) in [4.78, 5) is 12.9. The molecule has 1 N–H and O–H groups in total. The molecule has 0 bridgehead atoms. The number of rotatable bonds is 7. The molecule has 0 aliphatic carbocycles. The molecule has 0 radical (unpaired) electrons. The van der Waals surface area contributed by atoms with Crippen LogP contribution in [0.4, 0.5) is 9.18 Å². The fraction of sp³-hybridized carbons (Fsp3) is 0.240. The number of ether oxygens (including phenoxy) is 2. The lowest BCUT2D eigenvalue weighted by atomic mass is 9.79. The first-order valence-electron chi connectivity index (χ1n) is 10.3. The molecule has 5 nitrogen and oxygen atoms in total. The number of carboxylic acid groups (broad SMARTS) is 1. The van der Waals surface area contributed by atoms with Crippen LogP contribution >= 0.6 is 27.5 Å². The summed E-state index contributed by atoms with van der Waals surface area (Å²) in [6, 6.07) is 20.3. The van der Waals surface area contributed by atoms with E-state index in [1.165, 1.54) is 13.1 Å². The number of hydrogen-bond acceptors (Lipinski definition) is 3. The number of carbonyl (C=O) groups is 1. The van der Waals surface area contributed by atoms with E-state index in [4.69, 9.17) is 21.1 Å². The Morgan fingerprint density at radius 3 is 2.48 bits per heavy atom. The zero-order chi connectivity index (χ0) is 23.6. The highest BCUT2D eigenvalue weighted by Crippen LogP contribution is 2.55. The Balaban J connectivity index is 1.80. The second-order valence-electron chi connectivity index (χ2n) is 7.95. The van der Waals surface area contributed by atoms with Crippen LogP contribution in [0.25, 0.3) is 0 Å². The van der Waals surface area contributed by atoms with Gasteiger partial charge in [-0.05, 0) is 27.1 Å². The van der Waals surface area contributed by atoms with Gasteiger partial charge in [0.2, 0.25) is 0 Å². The molecular weight excluding hydrogens is 513 g/mol. The second kappa shape index (κ2) is 9.71. The summed E-state index contributed by atoms with van der Waals surface area (Å²) < 4.78 is 27.4. The molecule has 3 aromatic rings. The van der Waals surface area contributed by atoms with E-state index in [1.807, 2.05) is 60.7 Å².